The van der Waals surface area contributed by atoms with Crippen molar-refractivity contribution in [3.8, 4) is 0 Å². The second kappa shape index (κ2) is 10.7. The van der Waals surface area contributed by atoms with Crippen molar-refractivity contribution in [2.45, 2.75) is 50.6 Å². The molecule has 0 saturated heterocycles. The molecule has 0 spiro atoms. The molecule has 184 valence electrons. The lowest BCUT2D eigenvalue weighted by atomic mass is 9.80. The molecule has 35 heavy (non-hydrogen) atoms. The smallest absolute Gasteiger partial charge is 0.320 e. The Labute approximate surface area is 205 Å². The molecule has 8 nitrogen and oxygen atoms in total. The Kier molecular flexibility index (Phi) is 7.51. The van der Waals surface area contributed by atoms with E-state index in [1.165, 1.54) is 6.42 Å². The summed E-state index contributed by atoms with van der Waals surface area (Å²) in [4.78, 5) is 38.9. The van der Waals surface area contributed by atoms with E-state index in [1.807, 2.05) is 24.3 Å². The summed E-state index contributed by atoms with van der Waals surface area (Å²) in [6, 6.07) is 12.4. The molecule has 3 amide bonds. The first-order chi connectivity index (χ1) is 16.8. The molecule has 2 atom stereocenters. The molecule has 0 aromatic heterocycles. The van der Waals surface area contributed by atoms with Gasteiger partial charge in [-0.05, 0) is 60.6 Å². The van der Waals surface area contributed by atoms with E-state index in [2.05, 4.69) is 16.7 Å². The molecule has 2 aliphatic rings. The highest BCUT2D eigenvalue weighted by Crippen LogP contribution is 2.40. The summed E-state index contributed by atoms with van der Waals surface area (Å²) in [5, 5.41) is 14.6. The predicted octanol–water partition coefficient (Wildman–Crippen LogP) is 3.77. The summed E-state index contributed by atoms with van der Waals surface area (Å²) in [5.41, 5.74) is 9.83. The van der Waals surface area contributed by atoms with Gasteiger partial charge in [0.25, 0.3) is 5.91 Å². The summed E-state index contributed by atoms with van der Waals surface area (Å²) >= 11 is 0. The third kappa shape index (κ3) is 5.71. The number of nitrogens with zero attached hydrogens (tertiary/aromatic N) is 1. The number of hydrogen-bond acceptors (Lipinski definition) is 4. The molecular weight excluding hydrogens is 444 g/mol. The quantitative estimate of drug-likeness (QED) is 0.505. The molecular formula is C27H32N4O4. The molecule has 2 aromatic rings. The maximum atomic E-state index is 13.3. The number of nitrogens with two attached hydrogens (primary N) is 1. The Bertz CT molecular complexity index is 1140. The highest BCUT2D eigenvalue weighted by atomic mass is 16.4. The van der Waals surface area contributed by atoms with Gasteiger partial charge in [-0.3, -0.25) is 9.59 Å². The van der Waals surface area contributed by atoms with Gasteiger partial charge in [-0.1, -0.05) is 49.6 Å². The molecule has 1 saturated carbocycles. The van der Waals surface area contributed by atoms with Crippen LogP contribution in [0.15, 0.2) is 54.6 Å². The van der Waals surface area contributed by atoms with E-state index < -0.39 is 24.1 Å². The molecule has 4 rings (SSSR count). The number of nitrogens with one attached hydrogen (secondary N) is 2. The largest absolute Gasteiger partial charge is 0.480 e. The van der Waals surface area contributed by atoms with Crippen molar-refractivity contribution in [1.82, 2.24) is 5.32 Å². The average Bonchev–Trinajstić information content (AvgIpc) is 2.95. The van der Waals surface area contributed by atoms with E-state index in [1.54, 1.807) is 36.2 Å². The first kappa shape index (κ1) is 24.5. The van der Waals surface area contributed by atoms with Crippen LogP contribution >= 0.6 is 0 Å². The SMILES string of the molecule is CN1C(=O)[C@H](NC(=O)Nc2cccc(C[C@H](N)C(=O)O)c2)C=C(C2CCCCC2)c2ccccc21. The van der Waals surface area contributed by atoms with E-state index in [-0.39, 0.29) is 12.3 Å². The fourth-order valence-corrected chi connectivity index (χ4v) is 4.98. The van der Waals surface area contributed by atoms with Crippen molar-refractivity contribution in [1.29, 1.82) is 0 Å². The van der Waals surface area contributed by atoms with Crippen molar-refractivity contribution >= 4 is 34.9 Å². The lowest BCUT2D eigenvalue weighted by Crippen LogP contribution is -2.47. The number of carboxylic acids is 1. The van der Waals surface area contributed by atoms with Gasteiger partial charge in [0.05, 0.1) is 5.69 Å². The van der Waals surface area contributed by atoms with Crippen LogP contribution in [0.1, 0.15) is 43.2 Å². The van der Waals surface area contributed by atoms with Gasteiger partial charge >= 0.3 is 12.0 Å². The van der Waals surface area contributed by atoms with Crippen LogP contribution < -0.4 is 21.3 Å². The maximum Gasteiger partial charge on any atom is 0.320 e. The normalized spacial score (nSPS) is 19.3. The first-order valence-corrected chi connectivity index (χ1v) is 12.1. The third-order valence-corrected chi connectivity index (χ3v) is 6.81. The fourth-order valence-electron chi connectivity index (χ4n) is 4.98. The van der Waals surface area contributed by atoms with Crippen LogP contribution in [0.3, 0.4) is 0 Å². The predicted molar refractivity (Wildman–Crippen MR) is 136 cm³/mol. The van der Waals surface area contributed by atoms with Crippen LogP contribution in [0.5, 0.6) is 0 Å². The standard InChI is InChI=1S/C27H32N4O4/c1-31-24-13-6-5-12-20(24)21(18-9-3-2-4-10-18)16-23(25(31)32)30-27(35)29-19-11-7-8-17(14-19)15-22(28)26(33)34/h5-8,11-14,16,18,22-23H,2-4,9-10,15,28H2,1H3,(H,33,34)(H2,29,30,35)/t22-,23+/m0/s1. The number of benzene rings is 2. The van der Waals surface area contributed by atoms with E-state index in [4.69, 9.17) is 10.8 Å². The minimum Gasteiger partial charge on any atom is -0.480 e. The number of para-hydroxylation sites is 1. The maximum absolute atomic E-state index is 13.3. The van der Waals surface area contributed by atoms with Crippen LogP contribution in [0.4, 0.5) is 16.2 Å². The van der Waals surface area contributed by atoms with E-state index in [9.17, 15) is 14.4 Å². The van der Waals surface area contributed by atoms with Gasteiger partial charge in [0, 0.05) is 18.3 Å². The van der Waals surface area contributed by atoms with E-state index in [0.29, 0.717) is 17.2 Å². The molecule has 1 aliphatic carbocycles. The number of aliphatic carboxylic acids is 1. The second-order valence-corrected chi connectivity index (χ2v) is 9.30. The van der Waals surface area contributed by atoms with Gasteiger partial charge in [0.15, 0.2) is 0 Å². The lowest BCUT2D eigenvalue weighted by Gasteiger charge is -2.26. The van der Waals surface area contributed by atoms with Gasteiger partial charge in [-0.2, -0.15) is 0 Å². The molecule has 1 fully saturated rings. The van der Waals surface area contributed by atoms with Crippen molar-refractivity contribution in [3.63, 3.8) is 0 Å². The minimum atomic E-state index is -1.08. The number of urea groups is 1. The van der Waals surface area contributed by atoms with E-state index in [0.717, 1.165) is 42.5 Å². The van der Waals surface area contributed by atoms with Crippen LogP contribution in [-0.4, -0.2) is 42.1 Å². The van der Waals surface area contributed by atoms with Crippen molar-refractivity contribution < 1.29 is 19.5 Å². The van der Waals surface area contributed by atoms with Crippen LogP contribution in [-0.2, 0) is 16.0 Å². The average molecular weight is 477 g/mol. The van der Waals surface area contributed by atoms with E-state index >= 15 is 0 Å². The number of hydrogen-bond donors (Lipinski definition) is 4. The summed E-state index contributed by atoms with van der Waals surface area (Å²) in [6.45, 7) is 0. The topological polar surface area (TPSA) is 125 Å². The van der Waals surface area contributed by atoms with Gasteiger partial charge in [-0.25, -0.2) is 4.79 Å². The Morgan fingerprint density at radius 3 is 2.60 bits per heavy atom. The summed E-state index contributed by atoms with van der Waals surface area (Å²) in [6.07, 6.45) is 7.75. The Morgan fingerprint density at radius 1 is 1.11 bits per heavy atom. The second-order valence-electron chi connectivity index (χ2n) is 9.30. The Morgan fingerprint density at radius 2 is 1.86 bits per heavy atom. The van der Waals surface area contributed by atoms with Crippen molar-refractivity contribution in [2.75, 3.05) is 17.3 Å². The number of allylic oxidation sites excluding steroid dienone is 1. The molecule has 1 heterocycles. The third-order valence-electron chi connectivity index (χ3n) is 6.81. The number of fused-ring (bicyclic) bond motifs is 1. The number of rotatable bonds is 6. The number of carbonyl (C=O) groups excluding carboxylic acids is 2. The fraction of sp³-hybridized carbons (Fsp3) is 0.370. The summed E-state index contributed by atoms with van der Waals surface area (Å²) < 4.78 is 0. The Hall–Kier alpha value is -3.65. The number of carbonyl (C=O) groups is 3. The summed E-state index contributed by atoms with van der Waals surface area (Å²) in [7, 11) is 1.74. The monoisotopic (exact) mass is 476 g/mol. The zero-order valence-electron chi connectivity index (χ0n) is 19.9. The number of anilines is 2. The minimum absolute atomic E-state index is 0.143. The summed E-state index contributed by atoms with van der Waals surface area (Å²) in [5.74, 6) is -0.940. The molecule has 0 bridgehead atoms. The molecule has 0 radical (unpaired) electrons. The van der Waals surface area contributed by atoms with Crippen molar-refractivity contribution in [3.05, 3.63) is 65.7 Å². The number of likely N-dealkylation sites (N-methyl/N-ethyl adjacent to an activating group) is 1. The molecule has 1 aliphatic heterocycles. The number of amides is 3. The van der Waals surface area contributed by atoms with Crippen LogP contribution in [0.2, 0.25) is 0 Å². The van der Waals surface area contributed by atoms with Crippen LogP contribution in [0.25, 0.3) is 5.57 Å². The van der Waals surface area contributed by atoms with Gasteiger partial charge in [0.1, 0.15) is 12.1 Å². The number of carboxylic acid groups (broad SMARTS) is 1. The first-order valence-electron chi connectivity index (χ1n) is 12.1. The highest BCUT2D eigenvalue weighted by Gasteiger charge is 2.32. The zero-order chi connectivity index (χ0) is 24.9. The molecule has 5 N–H and O–H groups in total. The van der Waals surface area contributed by atoms with Gasteiger partial charge < -0.3 is 26.4 Å². The zero-order valence-corrected chi connectivity index (χ0v) is 19.9. The molecule has 2 aromatic carbocycles. The van der Waals surface area contributed by atoms with Crippen molar-refractivity contribution in [2.24, 2.45) is 11.7 Å². The van der Waals surface area contributed by atoms with Gasteiger partial charge in [0.2, 0.25) is 0 Å². The highest BCUT2D eigenvalue weighted by molar-refractivity contribution is 6.06. The van der Waals surface area contributed by atoms with Crippen LogP contribution in [0, 0.1) is 5.92 Å². The Balaban J connectivity index is 1.54. The lowest BCUT2D eigenvalue weighted by molar-refractivity contribution is -0.138. The molecule has 8 heteroatoms. The molecule has 0 unspecified atom stereocenters. The van der Waals surface area contributed by atoms with Gasteiger partial charge in [-0.15, -0.1) is 0 Å².